The molecule has 2 fully saturated rings. The van der Waals surface area contributed by atoms with E-state index in [2.05, 4.69) is 33.9 Å². The van der Waals surface area contributed by atoms with Crippen LogP contribution in [0.5, 0.6) is 0 Å². The molecule has 10 heteroatoms. The lowest BCUT2D eigenvalue weighted by Gasteiger charge is -2.38. The van der Waals surface area contributed by atoms with Gasteiger partial charge in [0.25, 0.3) is 0 Å². The molecule has 0 radical (unpaired) electrons. The topological polar surface area (TPSA) is 84.9 Å². The highest BCUT2D eigenvalue weighted by Crippen LogP contribution is 2.37. The minimum Gasteiger partial charge on any atom is -0.444 e. The average molecular weight is 548 g/mol. The van der Waals surface area contributed by atoms with Crippen LogP contribution in [0, 0.1) is 0 Å². The number of amides is 1. The van der Waals surface area contributed by atoms with Gasteiger partial charge in [0.2, 0.25) is 0 Å². The molecule has 2 aliphatic rings. The highest BCUT2D eigenvalue weighted by atomic mass is 28.4. The molecule has 218 valence electrons. The Morgan fingerprint density at radius 2 is 1.54 bits per heavy atom. The third-order valence-electron chi connectivity index (χ3n) is 7.07. The Bertz CT molecular complexity index is 658. The number of ether oxygens (including phenoxy) is 6. The van der Waals surface area contributed by atoms with E-state index < -0.39 is 13.9 Å². The molecule has 2 saturated heterocycles. The first-order valence-electron chi connectivity index (χ1n) is 13.9. The summed E-state index contributed by atoms with van der Waals surface area (Å²) < 4.78 is 40.6. The monoisotopic (exact) mass is 547 g/mol. The summed E-state index contributed by atoms with van der Waals surface area (Å²) in [7, 11) is -1.93. The predicted octanol–water partition coefficient (Wildman–Crippen LogP) is 4.98. The van der Waals surface area contributed by atoms with Crippen LogP contribution >= 0.6 is 0 Å². The molecular formula is C27H53NO8Si. The molecule has 2 rings (SSSR count). The summed E-state index contributed by atoms with van der Waals surface area (Å²) >= 11 is 0. The number of nitrogens with zero attached hydrogens (tertiary/aromatic N) is 1. The zero-order valence-electron chi connectivity index (χ0n) is 24.6. The normalized spacial score (nSPS) is 23.5. The third kappa shape index (κ3) is 12.3. The molecule has 0 spiro atoms. The van der Waals surface area contributed by atoms with E-state index in [1.807, 2.05) is 20.8 Å². The van der Waals surface area contributed by atoms with Crippen molar-refractivity contribution in [2.45, 2.75) is 109 Å². The van der Waals surface area contributed by atoms with Crippen LogP contribution in [0.4, 0.5) is 4.79 Å². The Labute approximate surface area is 225 Å². The van der Waals surface area contributed by atoms with Gasteiger partial charge in [0, 0.05) is 6.61 Å². The fourth-order valence-corrected chi connectivity index (χ4v) is 4.94. The summed E-state index contributed by atoms with van der Waals surface area (Å²) in [6.45, 7) is 21.6. The summed E-state index contributed by atoms with van der Waals surface area (Å²) in [5.41, 5.74) is -0.549. The third-order valence-corrected chi connectivity index (χ3v) is 11.6. The van der Waals surface area contributed by atoms with Gasteiger partial charge in [0.05, 0.1) is 64.9 Å². The van der Waals surface area contributed by atoms with E-state index in [0.29, 0.717) is 52.8 Å². The molecule has 2 aliphatic heterocycles. The summed E-state index contributed by atoms with van der Waals surface area (Å²) in [6, 6.07) is -0.0653. The van der Waals surface area contributed by atoms with E-state index in [1.165, 1.54) is 0 Å². The maximum atomic E-state index is 12.9. The molecule has 0 N–H and O–H groups in total. The first-order valence-corrected chi connectivity index (χ1v) is 16.8. The van der Waals surface area contributed by atoms with Gasteiger partial charge in [-0.3, -0.25) is 0 Å². The molecule has 9 nitrogen and oxygen atoms in total. The highest BCUT2D eigenvalue weighted by Gasteiger charge is 2.42. The van der Waals surface area contributed by atoms with E-state index >= 15 is 0 Å². The Hall–Kier alpha value is -0.753. The molecule has 1 amide bonds. The second-order valence-electron chi connectivity index (χ2n) is 12.5. The van der Waals surface area contributed by atoms with Crippen molar-refractivity contribution < 1.29 is 37.6 Å². The number of carbonyl (C=O) groups is 1. The van der Waals surface area contributed by atoms with Crippen molar-refractivity contribution in [3.05, 3.63) is 0 Å². The molecule has 0 bridgehead atoms. The summed E-state index contributed by atoms with van der Waals surface area (Å²) in [6.07, 6.45) is 3.50. The van der Waals surface area contributed by atoms with Crippen molar-refractivity contribution in [1.29, 1.82) is 0 Å². The SMILES string of the molecule is CC(C)(C)OC(=O)N1C[C@H](OCCOCCOCCOC2CCCCO2)C[C@H]1CO[Si](C)(C)C(C)(C)C. The van der Waals surface area contributed by atoms with Crippen LogP contribution in [-0.4, -0.2) is 103 Å². The molecule has 0 aromatic heterocycles. The fraction of sp³-hybridized carbons (Fsp3) is 0.963. The average Bonchev–Trinajstić information content (AvgIpc) is 3.21. The lowest BCUT2D eigenvalue weighted by molar-refractivity contribution is -0.169. The summed E-state index contributed by atoms with van der Waals surface area (Å²) in [4.78, 5) is 14.7. The van der Waals surface area contributed by atoms with Crippen molar-refractivity contribution in [2.75, 3.05) is 59.4 Å². The van der Waals surface area contributed by atoms with Crippen molar-refractivity contribution in [3.63, 3.8) is 0 Å². The van der Waals surface area contributed by atoms with Gasteiger partial charge in [0.1, 0.15) is 5.60 Å². The standard InChI is InChI=1S/C27H53NO8Si/c1-26(2,3)36-25(29)28-20-23(19-22(28)21-35-37(7,8)27(4,5)6)32-17-15-30-13-14-31-16-18-34-24-11-9-10-12-33-24/h22-24H,9-21H2,1-8H3/t22-,23+,24?/m0/s1. The van der Waals surface area contributed by atoms with Crippen LogP contribution in [0.1, 0.15) is 67.2 Å². The van der Waals surface area contributed by atoms with Crippen LogP contribution in [0.15, 0.2) is 0 Å². The summed E-state index contributed by atoms with van der Waals surface area (Å²) in [5.74, 6) is 0. The number of rotatable bonds is 14. The van der Waals surface area contributed by atoms with E-state index in [4.69, 9.17) is 32.8 Å². The predicted molar refractivity (Wildman–Crippen MR) is 145 cm³/mol. The van der Waals surface area contributed by atoms with Gasteiger partial charge in [-0.1, -0.05) is 20.8 Å². The van der Waals surface area contributed by atoms with E-state index in [1.54, 1.807) is 4.90 Å². The fourth-order valence-electron chi connectivity index (χ4n) is 3.89. The van der Waals surface area contributed by atoms with E-state index in [-0.39, 0.29) is 29.6 Å². The zero-order chi connectivity index (χ0) is 27.5. The maximum Gasteiger partial charge on any atom is 0.410 e. The molecule has 0 aromatic carbocycles. The van der Waals surface area contributed by atoms with E-state index in [9.17, 15) is 4.79 Å². The lowest BCUT2D eigenvalue weighted by atomic mass is 10.2. The van der Waals surface area contributed by atoms with E-state index in [0.717, 1.165) is 32.3 Å². The van der Waals surface area contributed by atoms with Crippen LogP contribution in [-0.2, 0) is 32.8 Å². The molecule has 37 heavy (non-hydrogen) atoms. The minimum absolute atomic E-state index is 0.0653. The highest BCUT2D eigenvalue weighted by molar-refractivity contribution is 6.74. The van der Waals surface area contributed by atoms with Crippen LogP contribution < -0.4 is 0 Å². The lowest BCUT2D eigenvalue weighted by Crippen LogP contribution is -2.46. The Kier molecular flexibility index (Phi) is 13.3. The number of likely N-dealkylation sites (tertiary alicyclic amines) is 1. The van der Waals surface area contributed by atoms with Crippen molar-refractivity contribution in [2.24, 2.45) is 0 Å². The van der Waals surface area contributed by atoms with Gasteiger partial charge in [-0.2, -0.15) is 0 Å². The second kappa shape index (κ2) is 15.1. The van der Waals surface area contributed by atoms with Gasteiger partial charge in [-0.05, 0) is 64.6 Å². The van der Waals surface area contributed by atoms with Crippen LogP contribution in [0.2, 0.25) is 18.1 Å². The Morgan fingerprint density at radius 3 is 2.11 bits per heavy atom. The maximum absolute atomic E-state index is 12.9. The molecule has 2 heterocycles. The number of hydrogen-bond donors (Lipinski definition) is 0. The zero-order valence-corrected chi connectivity index (χ0v) is 25.6. The molecule has 1 unspecified atom stereocenters. The van der Waals surface area contributed by atoms with Gasteiger partial charge in [-0.15, -0.1) is 0 Å². The van der Waals surface area contributed by atoms with Gasteiger partial charge < -0.3 is 37.7 Å². The van der Waals surface area contributed by atoms with Gasteiger partial charge >= 0.3 is 6.09 Å². The van der Waals surface area contributed by atoms with Crippen molar-refractivity contribution in [3.8, 4) is 0 Å². The number of carbonyl (C=O) groups excluding carboxylic acids is 1. The second-order valence-corrected chi connectivity index (χ2v) is 17.3. The smallest absolute Gasteiger partial charge is 0.410 e. The molecule has 0 aromatic rings. The Morgan fingerprint density at radius 1 is 0.919 bits per heavy atom. The number of hydrogen-bond acceptors (Lipinski definition) is 8. The molecule has 0 saturated carbocycles. The van der Waals surface area contributed by atoms with Crippen molar-refractivity contribution in [1.82, 2.24) is 4.90 Å². The molecular weight excluding hydrogens is 494 g/mol. The van der Waals surface area contributed by atoms with Crippen LogP contribution in [0.25, 0.3) is 0 Å². The van der Waals surface area contributed by atoms with Crippen molar-refractivity contribution >= 4 is 14.4 Å². The first-order chi connectivity index (χ1) is 17.3. The van der Waals surface area contributed by atoms with Gasteiger partial charge in [-0.25, -0.2) is 4.79 Å². The van der Waals surface area contributed by atoms with Crippen LogP contribution in [0.3, 0.4) is 0 Å². The first kappa shape index (κ1) is 32.5. The van der Waals surface area contributed by atoms with Gasteiger partial charge in [0.15, 0.2) is 14.6 Å². The quantitative estimate of drug-likeness (QED) is 0.222. The minimum atomic E-state index is -1.93. The largest absolute Gasteiger partial charge is 0.444 e. The molecule has 3 atom stereocenters. The molecule has 0 aliphatic carbocycles. The Balaban J connectivity index is 1.66. The summed E-state index contributed by atoms with van der Waals surface area (Å²) in [5, 5.41) is 0.107.